The van der Waals surface area contributed by atoms with Crippen molar-refractivity contribution in [1.82, 2.24) is 9.62 Å². The Balaban J connectivity index is 1.88. The maximum absolute atomic E-state index is 12.2. The number of sulfonamides is 1. The number of carbonyl (C=O) groups excluding carboxylic acids is 1. The van der Waals surface area contributed by atoms with Crippen LogP contribution in [-0.4, -0.2) is 45.2 Å². The van der Waals surface area contributed by atoms with Crippen LogP contribution in [0.15, 0.2) is 29.2 Å². The number of ether oxygens (including phenoxy) is 1. The maximum Gasteiger partial charge on any atom is 0.573 e. The third-order valence-corrected chi connectivity index (χ3v) is 5.38. The third-order valence-electron chi connectivity index (χ3n) is 3.92. The van der Waals surface area contributed by atoms with Crippen LogP contribution < -0.4 is 9.46 Å². The minimum absolute atomic E-state index is 0.0716. The van der Waals surface area contributed by atoms with Gasteiger partial charge in [-0.1, -0.05) is 12.5 Å². The molecule has 0 atom stereocenters. The van der Waals surface area contributed by atoms with Gasteiger partial charge in [0.15, 0.2) is 0 Å². The topological polar surface area (TPSA) is 75.7 Å². The lowest BCUT2D eigenvalue weighted by atomic mass is 10.2. The molecule has 0 radical (unpaired) electrons. The molecule has 0 spiro atoms. The maximum atomic E-state index is 12.2. The van der Waals surface area contributed by atoms with E-state index in [1.54, 1.807) is 4.90 Å². The summed E-state index contributed by atoms with van der Waals surface area (Å²) in [4.78, 5) is 13.3. The predicted molar refractivity (Wildman–Crippen MR) is 88.0 cm³/mol. The number of nitrogens with zero attached hydrogens (tertiary/aromatic N) is 1. The molecule has 0 unspecified atom stereocenters. The number of amides is 1. The smallest absolute Gasteiger partial charge is 0.406 e. The molecule has 26 heavy (non-hydrogen) atoms. The van der Waals surface area contributed by atoms with E-state index in [4.69, 9.17) is 0 Å². The summed E-state index contributed by atoms with van der Waals surface area (Å²) in [5.41, 5.74) is 0. The summed E-state index contributed by atoms with van der Waals surface area (Å²) in [7, 11) is -3.96. The van der Waals surface area contributed by atoms with Crippen molar-refractivity contribution < 1.29 is 31.1 Å². The molecule has 1 heterocycles. The van der Waals surface area contributed by atoms with Gasteiger partial charge in [-0.05, 0) is 31.4 Å². The number of likely N-dealkylation sites (tertiary alicyclic amines) is 1. The second-order valence-corrected chi connectivity index (χ2v) is 7.73. The first-order valence-electron chi connectivity index (χ1n) is 8.31. The van der Waals surface area contributed by atoms with E-state index in [9.17, 15) is 26.4 Å². The molecule has 1 aromatic rings. The molecule has 10 heteroatoms. The first-order chi connectivity index (χ1) is 12.2. The van der Waals surface area contributed by atoms with Crippen LogP contribution >= 0.6 is 0 Å². The molecule has 1 aromatic carbocycles. The van der Waals surface area contributed by atoms with Gasteiger partial charge in [-0.3, -0.25) is 4.79 Å². The number of halogens is 3. The fourth-order valence-electron chi connectivity index (χ4n) is 2.67. The highest BCUT2D eigenvalue weighted by molar-refractivity contribution is 7.89. The van der Waals surface area contributed by atoms with Crippen LogP contribution in [0.2, 0.25) is 0 Å². The van der Waals surface area contributed by atoms with E-state index in [1.165, 1.54) is 12.1 Å². The third kappa shape index (κ3) is 6.49. The summed E-state index contributed by atoms with van der Waals surface area (Å²) in [5, 5.41) is 0. The molecule has 1 aliphatic heterocycles. The van der Waals surface area contributed by atoms with Gasteiger partial charge in [-0.25, -0.2) is 13.1 Å². The Kier molecular flexibility index (Phi) is 6.87. The second-order valence-electron chi connectivity index (χ2n) is 5.97. The van der Waals surface area contributed by atoms with E-state index in [0.29, 0.717) is 25.9 Å². The molecular formula is C16H21F3N2O4S. The van der Waals surface area contributed by atoms with E-state index >= 15 is 0 Å². The summed E-state index contributed by atoms with van der Waals surface area (Å²) in [6.45, 7) is 1.19. The molecule has 6 nitrogen and oxygen atoms in total. The summed E-state index contributed by atoms with van der Waals surface area (Å²) in [5.74, 6) is -0.530. The van der Waals surface area contributed by atoms with Gasteiger partial charge in [0.05, 0.1) is 4.90 Å². The number of hydrogen-bond acceptors (Lipinski definition) is 4. The van der Waals surface area contributed by atoms with Gasteiger partial charge in [0.1, 0.15) is 5.75 Å². The van der Waals surface area contributed by atoms with E-state index in [0.717, 1.165) is 31.4 Å². The summed E-state index contributed by atoms with van der Waals surface area (Å²) in [6, 6.07) is 4.20. The summed E-state index contributed by atoms with van der Waals surface area (Å²) < 4.78 is 67.2. The van der Waals surface area contributed by atoms with Crippen molar-refractivity contribution in [2.75, 3.05) is 19.6 Å². The molecule has 1 N–H and O–H groups in total. The second kappa shape index (κ2) is 8.72. The predicted octanol–water partition coefficient (Wildman–Crippen LogP) is 2.66. The highest BCUT2D eigenvalue weighted by atomic mass is 32.2. The van der Waals surface area contributed by atoms with Crippen molar-refractivity contribution in [3.05, 3.63) is 24.3 Å². The zero-order valence-corrected chi connectivity index (χ0v) is 14.9. The molecule has 146 valence electrons. The van der Waals surface area contributed by atoms with Crippen LogP contribution in [-0.2, 0) is 14.8 Å². The molecule has 1 saturated heterocycles. The lowest BCUT2D eigenvalue weighted by Crippen LogP contribution is -2.34. The minimum atomic E-state index is -4.89. The molecule has 0 bridgehead atoms. The normalized spacial score (nSPS) is 16.4. The van der Waals surface area contributed by atoms with Gasteiger partial charge in [-0.2, -0.15) is 0 Å². The van der Waals surface area contributed by atoms with E-state index < -0.39 is 22.1 Å². The van der Waals surface area contributed by atoms with Crippen LogP contribution in [0.1, 0.15) is 32.1 Å². The van der Waals surface area contributed by atoms with Crippen LogP contribution in [0.3, 0.4) is 0 Å². The van der Waals surface area contributed by atoms with Gasteiger partial charge in [-0.15, -0.1) is 13.2 Å². The van der Waals surface area contributed by atoms with Crippen molar-refractivity contribution in [3.63, 3.8) is 0 Å². The van der Waals surface area contributed by atoms with Gasteiger partial charge in [0.2, 0.25) is 15.9 Å². The Hall–Kier alpha value is -1.81. The molecule has 1 amide bonds. The van der Waals surface area contributed by atoms with Crippen LogP contribution in [0, 0.1) is 0 Å². The average molecular weight is 394 g/mol. The van der Waals surface area contributed by atoms with E-state index in [1.807, 2.05) is 0 Å². The largest absolute Gasteiger partial charge is 0.573 e. The van der Waals surface area contributed by atoms with Crippen LogP contribution in [0.25, 0.3) is 0 Å². The molecule has 2 rings (SSSR count). The molecular weight excluding hydrogens is 373 g/mol. The zero-order chi connectivity index (χ0) is 19.2. The lowest BCUT2D eigenvalue weighted by Gasteiger charge is -2.20. The molecule has 0 aliphatic carbocycles. The zero-order valence-electron chi connectivity index (χ0n) is 14.1. The van der Waals surface area contributed by atoms with Crippen molar-refractivity contribution in [2.45, 2.75) is 43.4 Å². The fourth-order valence-corrected chi connectivity index (χ4v) is 3.78. The lowest BCUT2D eigenvalue weighted by molar-refractivity contribution is -0.274. The Labute approximate surface area is 150 Å². The molecule has 0 saturated carbocycles. The fraction of sp³-hybridized carbons (Fsp3) is 0.562. The van der Waals surface area contributed by atoms with Crippen LogP contribution in [0.4, 0.5) is 13.2 Å². The van der Waals surface area contributed by atoms with Crippen molar-refractivity contribution in [2.24, 2.45) is 0 Å². The van der Waals surface area contributed by atoms with Crippen molar-refractivity contribution in [3.8, 4) is 5.75 Å². The highest BCUT2D eigenvalue weighted by Gasteiger charge is 2.31. The number of alkyl halides is 3. The first-order valence-corrected chi connectivity index (χ1v) is 9.79. The molecule has 1 fully saturated rings. The Morgan fingerprint density at radius 1 is 1.19 bits per heavy atom. The van der Waals surface area contributed by atoms with Crippen LogP contribution in [0.5, 0.6) is 5.75 Å². The summed E-state index contributed by atoms with van der Waals surface area (Å²) in [6.07, 6.45) is -1.15. The van der Waals surface area contributed by atoms with Gasteiger partial charge in [0.25, 0.3) is 0 Å². The number of carbonyl (C=O) groups is 1. The van der Waals surface area contributed by atoms with Gasteiger partial charge >= 0.3 is 6.36 Å². The SMILES string of the molecule is O=C1CCCCCN1CCCNS(=O)(=O)c1cccc(OC(F)(F)F)c1. The van der Waals surface area contributed by atoms with E-state index in [-0.39, 0.29) is 17.3 Å². The summed E-state index contributed by atoms with van der Waals surface area (Å²) >= 11 is 0. The van der Waals surface area contributed by atoms with Gasteiger partial charge in [0, 0.05) is 32.1 Å². The van der Waals surface area contributed by atoms with E-state index in [2.05, 4.69) is 9.46 Å². The minimum Gasteiger partial charge on any atom is -0.406 e. The number of hydrogen-bond donors (Lipinski definition) is 1. The Bertz CT molecular complexity index is 722. The van der Waals surface area contributed by atoms with Crippen molar-refractivity contribution >= 4 is 15.9 Å². The molecule has 0 aromatic heterocycles. The van der Waals surface area contributed by atoms with Gasteiger partial charge < -0.3 is 9.64 Å². The number of nitrogens with one attached hydrogen (secondary N) is 1. The molecule has 1 aliphatic rings. The monoisotopic (exact) mass is 394 g/mol. The number of rotatable bonds is 7. The quantitative estimate of drug-likeness (QED) is 0.722. The van der Waals surface area contributed by atoms with Crippen molar-refractivity contribution in [1.29, 1.82) is 0 Å². The Morgan fingerprint density at radius 2 is 1.96 bits per heavy atom. The Morgan fingerprint density at radius 3 is 2.69 bits per heavy atom. The standard InChI is InChI=1S/C16H21F3N2O4S/c17-16(18,19)25-13-6-4-7-14(12-13)26(23,24)20-9-5-11-21-10-3-1-2-8-15(21)22/h4,6-7,12,20H,1-3,5,8-11H2. The number of benzene rings is 1. The first kappa shape index (κ1) is 20.5. The highest BCUT2D eigenvalue weighted by Crippen LogP contribution is 2.24. The average Bonchev–Trinajstić information content (AvgIpc) is 2.75.